The number of aromatic nitrogens is 4. The second kappa shape index (κ2) is 9.57. The third-order valence-electron chi connectivity index (χ3n) is 5.94. The molecule has 2 aromatic carbocycles. The Kier molecular flexibility index (Phi) is 6.58. The highest BCUT2D eigenvalue weighted by molar-refractivity contribution is 5.78. The molecule has 0 unspecified atom stereocenters. The number of imidazole rings is 1. The minimum Gasteiger partial charge on any atom is -0.346 e. The minimum atomic E-state index is -0.197. The van der Waals surface area contributed by atoms with E-state index < -0.39 is 0 Å². The number of carbonyl (C=O) groups excluding carboxylic acids is 1. The van der Waals surface area contributed by atoms with E-state index in [1.165, 1.54) is 0 Å². The second-order valence-corrected chi connectivity index (χ2v) is 9.08. The molecule has 0 aliphatic heterocycles. The van der Waals surface area contributed by atoms with Gasteiger partial charge in [0, 0.05) is 19.0 Å². The molecule has 4 aromatic rings. The van der Waals surface area contributed by atoms with Crippen LogP contribution in [0.25, 0.3) is 21.9 Å². The van der Waals surface area contributed by atoms with Crippen molar-refractivity contribution in [3.05, 3.63) is 71.0 Å². The van der Waals surface area contributed by atoms with E-state index in [-0.39, 0.29) is 29.5 Å². The Morgan fingerprint density at radius 1 is 1.00 bits per heavy atom. The first-order valence-electron chi connectivity index (χ1n) is 11.6. The van der Waals surface area contributed by atoms with Gasteiger partial charge in [-0.3, -0.25) is 14.2 Å². The lowest BCUT2D eigenvalue weighted by Gasteiger charge is -2.25. The van der Waals surface area contributed by atoms with Crippen LogP contribution in [0.5, 0.6) is 0 Å². The maximum Gasteiger partial charge on any atom is 0.261 e. The smallest absolute Gasteiger partial charge is 0.261 e. The van der Waals surface area contributed by atoms with Crippen LogP contribution < -0.4 is 10.9 Å². The second-order valence-electron chi connectivity index (χ2n) is 9.08. The van der Waals surface area contributed by atoms with Crippen LogP contribution >= 0.6 is 0 Å². The zero-order chi connectivity index (χ0) is 23.5. The molecule has 172 valence electrons. The largest absolute Gasteiger partial charge is 0.346 e. The maximum absolute atomic E-state index is 12.9. The molecule has 0 aliphatic carbocycles. The van der Waals surface area contributed by atoms with Gasteiger partial charge in [-0.25, -0.2) is 9.97 Å². The van der Waals surface area contributed by atoms with Gasteiger partial charge in [-0.1, -0.05) is 38.1 Å². The molecule has 33 heavy (non-hydrogen) atoms. The average molecular weight is 446 g/mol. The molecule has 0 fully saturated rings. The van der Waals surface area contributed by atoms with Gasteiger partial charge in [0.2, 0.25) is 5.91 Å². The molecule has 0 radical (unpaired) electrons. The minimum absolute atomic E-state index is 0.0436. The molecule has 0 saturated carbocycles. The maximum atomic E-state index is 12.9. The molecular formula is C26H31N5O2. The number of benzene rings is 2. The molecule has 0 spiro atoms. The molecule has 0 saturated heterocycles. The highest BCUT2D eigenvalue weighted by Crippen LogP contribution is 2.28. The lowest BCUT2D eigenvalue weighted by molar-refractivity contribution is -0.122. The van der Waals surface area contributed by atoms with Gasteiger partial charge in [0.1, 0.15) is 5.82 Å². The van der Waals surface area contributed by atoms with Gasteiger partial charge in [-0.05, 0) is 50.5 Å². The number of hydrogen-bond acceptors (Lipinski definition) is 4. The van der Waals surface area contributed by atoms with Crippen LogP contribution in [0, 0.1) is 5.92 Å². The molecule has 1 atom stereocenters. The normalized spacial score (nSPS) is 12.7. The van der Waals surface area contributed by atoms with Crippen molar-refractivity contribution in [2.45, 2.75) is 59.2 Å². The van der Waals surface area contributed by atoms with Gasteiger partial charge in [0.05, 0.1) is 34.3 Å². The van der Waals surface area contributed by atoms with Crippen molar-refractivity contribution in [1.82, 2.24) is 24.4 Å². The molecule has 0 bridgehead atoms. The van der Waals surface area contributed by atoms with Crippen molar-refractivity contribution in [1.29, 1.82) is 0 Å². The van der Waals surface area contributed by atoms with Gasteiger partial charge >= 0.3 is 0 Å². The molecular weight excluding hydrogens is 414 g/mol. The molecule has 1 N–H and O–H groups in total. The first kappa shape index (κ1) is 22.7. The van der Waals surface area contributed by atoms with Gasteiger partial charge < -0.3 is 9.88 Å². The van der Waals surface area contributed by atoms with Crippen molar-refractivity contribution >= 4 is 27.8 Å². The van der Waals surface area contributed by atoms with E-state index in [4.69, 9.17) is 4.98 Å². The van der Waals surface area contributed by atoms with Gasteiger partial charge in [0.25, 0.3) is 5.56 Å². The van der Waals surface area contributed by atoms with E-state index in [2.05, 4.69) is 48.6 Å². The summed E-state index contributed by atoms with van der Waals surface area (Å²) in [5.74, 6) is 1.01. The Bertz CT molecular complexity index is 1340. The highest BCUT2D eigenvalue weighted by Gasteiger charge is 2.25. The monoisotopic (exact) mass is 445 g/mol. The topological polar surface area (TPSA) is 81.8 Å². The van der Waals surface area contributed by atoms with Crippen molar-refractivity contribution in [2.75, 3.05) is 0 Å². The lowest BCUT2D eigenvalue weighted by atomic mass is 10.0. The molecule has 1 amide bonds. The van der Waals surface area contributed by atoms with Crippen LogP contribution in [-0.4, -0.2) is 25.0 Å². The van der Waals surface area contributed by atoms with Crippen LogP contribution in [0.15, 0.2) is 59.7 Å². The molecule has 4 rings (SSSR count). The van der Waals surface area contributed by atoms with Crippen LogP contribution in [0.3, 0.4) is 0 Å². The van der Waals surface area contributed by atoms with E-state index in [1.54, 1.807) is 17.0 Å². The summed E-state index contributed by atoms with van der Waals surface area (Å²) >= 11 is 0. The zero-order valence-electron chi connectivity index (χ0n) is 19.7. The van der Waals surface area contributed by atoms with E-state index in [0.717, 1.165) is 16.9 Å². The number of nitrogens with zero attached hydrogens (tertiary/aromatic N) is 4. The summed E-state index contributed by atoms with van der Waals surface area (Å²) < 4.78 is 3.79. The first-order valence-corrected chi connectivity index (χ1v) is 11.6. The van der Waals surface area contributed by atoms with Crippen molar-refractivity contribution < 1.29 is 4.79 Å². The lowest BCUT2D eigenvalue weighted by Crippen LogP contribution is -2.34. The number of para-hydroxylation sites is 3. The highest BCUT2D eigenvalue weighted by atomic mass is 16.1. The Balaban J connectivity index is 1.47. The van der Waals surface area contributed by atoms with Gasteiger partial charge in [-0.15, -0.1) is 0 Å². The standard InChI is InChI=1S/C26H31N5O2/c1-17(2)24(25-28-21-12-7-8-13-22(21)31(25)18(3)4)29-23(32)14-9-15-30-16-27-20-11-6-5-10-19(20)26(30)33/h5-8,10-13,16-18,24H,9,14-15H2,1-4H3,(H,29,32)/t24-/m1/s1. The summed E-state index contributed by atoms with van der Waals surface area (Å²) in [5.41, 5.74) is 2.62. The fourth-order valence-corrected chi connectivity index (χ4v) is 4.28. The Hall–Kier alpha value is -3.48. The van der Waals surface area contributed by atoms with E-state index in [0.29, 0.717) is 30.3 Å². The Morgan fingerprint density at radius 2 is 1.70 bits per heavy atom. The molecule has 2 heterocycles. The number of rotatable bonds is 8. The summed E-state index contributed by atoms with van der Waals surface area (Å²) in [5, 5.41) is 3.79. The van der Waals surface area contributed by atoms with Gasteiger partial charge in [0.15, 0.2) is 0 Å². The average Bonchev–Trinajstić information content (AvgIpc) is 3.18. The number of nitrogens with one attached hydrogen (secondary N) is 1. The third-order valence-corrected chi connectivity index (χ3v) is 5.94. The number of fused-ring (bicyclic) bond motifs is 2. The quantitative estimate of drug-likeness (QED) is 0.429. The summed E-state index contributed by atoms with van der Waals surface area (Å²) in [6.07, 6.45) is 2.44. The predicted molar refractivity (Wildman–Crippen MR) is 131 cm³/mol. The van der Waals surface area contributed by atoms with Crippen molar-refractivity contribution in [3.63, 3.8) is 0 Å². The third kappa shape index (κ3) is 4.67. The summed E-state index contributed by atoms with van der Waals surface area (Å²) in [6, 6.07) is 15.4. The Labute approximate surface area is 193 Å². The molecule has 2 aromatic heterocycles. The van der Waals surface area contributed by atoms with Crippen LogP contribution in [-0.2, 0) is 11.3 Å². The Morgan fingerprint density at radius 3 is 2.42 bits per heavy atom. The molecule has 0 aliphatic rings. The fraction of sp³-hybridized carbons (Fsp3) is 0.385. The fourth-order valence-electron chi connectivity index (χ4n) is 4.28. The van der Waals surface area contributed by atoms with Crippen molar-refractivity contribution in [3.8, 4) is 0 Å². The van der Waals surface area contributed by atoms with Gasteiger partial charge in [-0.2, -0.15) is 0 Å². The predicted octanol–water partition coefficient (Wildman–Crippen LogP) is 4.62. The van der Waals surface area contributed by atoms with E-state index >= 15 is 0 Å². The van der Waals surface area contributed by atoms with Crippen LogP contribution in [0.2, 0.25) is 0 Å². The molecule has 7 heteroatoms. The number of carbonyl (C=O) groups is 1. The summed E-state index contributed by atoms with van der Waals surface area (Å²) in [7, 11) is 0. The first-order chi connectivity index (χ1) is 15.9. The SMILES string of the molecule is CC(C)[C@@H](NC(=O)CCCn1cnc2ccccc2c1=O)c1nc2ccccc2n1C(C)C. The van der Waals surface area contributed by atoms with Crippen LogP contribution in [0.4, 0.5) is 0 Å². The van der Waals surface area contributed by atoms with E-state index in [9.17, 15) is 9.59 Å². The van der Waals surface area contributed by atoms with E-state index in [1.807, 2.05) is 36.4 Å². The number of amides is 1. The zero-order valence-corrected chi connectivity index (χ0v) is 19.7. The summed E-state index contributed by atoms with van der Waals surface area (Å²) in [4.78, 5) is 34.7. The molecule has 7 nitrogen and oxygen atoms in total. The number of aryl methyl sites for hydroxylation is 1. The van der Waals surface area contributed by atoms with Crippen molar-refractivity contribution in [2.24, 2.45) is 5.92 Å². The summed E-state index contributed by atoms with van der Waals surface area (Å²) in [6.45, 7) is 8.89. The van der Waals surface area contributed by atoms with Crippen LogP contribution in [0.1, 0.15) is 58.4 Å². The number of hydrogen-bond donors (Lipinski definition) is 1.